The van der Waals surface area contributed by atoms with Gasteiger partial charge in [0.15, 0.2) is 5.78 Å². The predicted molar refractivity (Wildman–Crippen MR) is 56.5 cm³/mol. The van der Waals surface area contributed by atoms with Crippen LogP contribution in [0.4, 0.5) is 0 Å². The number of carbonyl (C=O) groups excluding carboxylic acids is 1. The minimum absolute atomic E-state index is 0.0787. The van der Waals surface area contributed by atoms with Crippen molar-refractivity contribution in [1.82, 2.24) is 0 Å². The highest BCUT2D eigenvalue weighted by molar-refractivity contribution is 5.99. The third kappa shape index (κ3) is 2.67. The van der Waals surface area contributed by atoms with Gasteiger partial charge in [-0.25, -0.2) is 0 Å². The summed E-state index contributed by atoms with van der Waals surface area (Å²) in [5, 5.41) is 0. The second-order valence-corrected chi connectivity index (χ2v) is 3.08. The SMILES string of the molecule is CCOC(CC)C(=O)c1ccccc1. The van der Waals surface area contributed by atoms with E-state index in [0.29, 0.717) is 6.61 Å². The van der Waals surface area contributed by atoms with E-state index in [-0.39, 0.29) is 11.9 Å². The first-order valence-electron chi connectivity index (χ1n) is 5.00. The largest absolute Gasteiger partial charge is 0.370 e. The van der Waals surface area contributed by atoms with Crippen molar-refractivity contribution >= 4 is 5.78 Å². The van der Waals surface area contributed by atoms with E-state index in [4.69, 9.17) is 4.74 Å². The van der Waals surface area contributed by atoms with Crippen LogP contribution in [0.25, 0.3) is 0 Å². The highest BCUT2D eigenvalue weighted by Gasteiger charge is 2.17. The van der Waals surface area contributed by atoms with Gasteiger partial charge >= 0.3 is 0 Å². The molecule has 0 fully saturated rings. The number of hydrogen-bond acceptors (Lipinski definition) is 2. The lowest BCUT2D eigenvalue weighted by Gasteiger charge is -2.13. The molecule has 0 radical (unpaired) electrons. The summed E-state index contributed by atoms with van der Waals surface area (Å²) in [5.41, 5.74) is 0.729. The molecule has 1 unspecified atom stereocenters. The first-order valence-corrected chi connectivity index (χ1v) is 5.00. The number of hydrogen-bond donors (Lipinski definition) is 0. The van der Waals surface area contributed by atoms with Gasteiger partial charge in [-0.1, -0.05) is 37.3 Å². The minimum atomic E-state index is -0.289. The van der Waals surface area contributed by atoms with Crippen molar-refractivity contribution in [2.24, 2.45) is 0 Å². The van der Waals surface area contributed by atoms with E-state index in [9.17, 15) is 4.79 Å². The fourth-order valence-corrected chi connectivity index (χ4v) is 1.37. The zero-order valence-corrected chi connectivity index (χ0v) is 8.69. The molecule has 0 heterocycles. The van der Waals surface area contributed by atoms with E-state index in [1.807, 2.05) is 44.2 Å². The van der Waals surface area contributed by atoms with Crippen LogP contribution in [0.15, 0.2) is 30.3 Å². The molecule has 2 heteroatoms. The molecule has 0 aliphatic heterocycles. The van der Waals surface area contributed by atoms with Crippen LogP contribution in [0, 0.1) is 0 Å². The highest BCUT2D eigenvalue weighted by Crippen LogP contribution is 2.08. The van der Waals surface area contributed by atoms with E-state index in [2.05, 4.69) is 0 Å². The first-order chi connectivity index (χ1) is 6.79. The van der Waals surface area contributed by atoms with E-state index in [1.165, 1.54) is 0 Å². The lowest BCUT2D eigenvalue weighted by atomic mass is 10.0. The fourth-order valence-electron chi connectivity index (χ4n) is 1.37. The second-order valence-electron chi connectivity index (χ2n) is 3.08. The molecule has 1 aromatic rings. The normalized spacial score (nSPS) is 12.4. The van der Waals surface area contributed by atoms with Gasteiger partial charge in [0, 0.05) is 12.2 Å². The van der Waals surface area contributed by atoms with Crippen molar-refractivity contribution in [2.75, 3.05) is 6.61 Å². The van der Waals surface area contributed by atoms with Crippen molar-refractivity contribution in [3.8, 4) is 0 Å². The molecule has 0 amide bonds. The van der Waals surface area contributed by atoms with Gasteiger partial charge in [0.25, 0.3) is 0 Å². The molecular weight excluding hydrogens is 176 g/mol. The van der Waals surface area contributed by atoms with Crippen molar-refractivity contribution in [3.63, 3.8) is 0 Å². The molecule has 1 aromatic carbocycles. The van der Waals surface area contributed by atoms with Gasteiger partial charge in [-0.2, -0.15) is 0 Å². The number of ether oxygens (including phenoxy) is 1. The Kier molecular flexibility index (Phi) is 4.33. The van der Waals surface area contributed by atoms with E-state index >= 15 is 0 Å². The molecule has 0 N–H and O–H groups in total. The third-order valence-corrected chi connectivity index (χ3v) is 2.09. The zero-order chi connectivity index (χ0) is 10.4. The second kappa shape index (κ2) is 5.55. The monoisotopic (exact) mass is 192 g/mol. The molecule has 0 aliphatic rings. The maximum Gasteiger partial charge on any atom is 0.191 e. The van der Waals surface area contributed by atoms with Crippen molar-refractivity contribution in [2.45, 2.75) is 26.4 Å². The molecule has 0 saturated carbocycles. The Balaban J connectivity index is 2.73. The Morgan fingerprint density at radius 2 is 1.93 bits per heavy atom. The van der Waals surface area contributed by atoms with Crippen molar-refractivity contribution < 1.29 is 9.53 Å². The summed E-state index contributed by atoms with van der Waals surface area (Å²) in [7, 11) is 0. The van der Waals surface area contributed by atoms with Gasteiger partial charge in [-0.3, -0.25) is 4.79 Å². The van der Waals surface area contributed by atoms with Crippen LogP contribution >= 0.6 is 0 Å². The summed E-state index contributed by atoms with van der Waals surface area (Å²) < 4.78 is 5.36. The average Bonchev–Trinajstić information content (AvgIpc) is 2.26. The summed E-state index contributed by atoms with van der Waals surface area (Å²) in [4.78, 5) is 11.8. The fraction of sp³-hybridized carbons (Fsp3) is 0.417. The van der Waals surface area contributed by atoms with Crippen LogP contribution in [0.3, 0.4) is 0 Å². The van der Waals surface area contributed by atoms with Gasteiger partial charge in [0.1, 0.15) is 6.10 Å². The molecule has 0 saturated heterocycles. The maximum atomic E-state index is 11.8. The number of benzene rings is 1. The third-order valence-electron chi connectivity index (χ3n) is 2.09. The first kappa shape index (κ1) is 10.9. The van der Waals surface area contributed by atoms with E-state index < -0.39 is 0 Å². The Morgan fingerprint density at radius 1 is 1.29 bits per heavy atom. The van der Waals surface area contributed by atoms with Crippen LogP contribution in [-0.4, -0.2) is 18.5 Å². The predicted octanol–water partition coefficient (Wildman–Crippen LogP) is 2.68. The molecule has 14 heavy (non-hydrogen) atoms. The van der Waals surface area contributed by atoms with Crippen LogP contribution in [-0.2, 0) is 4.74 Å². The standard InChI is InChI=1S/C12H16O2/c1-3-11(14-4-2)12(13)10-8-6-5-7-9-10/h5-9,11H,3-4H2,1-2H3. The number of carbonyl (C=O) groups is 1. The van der Waals surface area contributed by atoms with Crippen molar-refractivity contribution in [1.29, 1.82) is 0 Å². The van der Waals surface area contributed by atoms with Gasteiger partial charge in [0.2, 0.25) is 0 Å². The molecular formula is C12H16O2. The Bertz CT molecular complexity index is 280. The summed E-state index contributed by atoms with van der Waals surface area (Å²) >= 11 is 0. The quantitative estimate of drug-likeness (QED) is 0.670. The van der Waals surface area contributed by atoms with Crippen LogP contribution in [0.1, 0.15) is 30.6 Å². The molecule has 0 spiro atoms. The van der Waals surface area contributed by atoms with E-state index in [0.717, 1.165) is 12.0 Å². The van der Waals surface area contributed by atoms with E-state index in [1.54, 1.807) is 0 Å². The molecule has 1 rings (SSSR count). The van der Waals surface area contributed by atoms with Gasteiger partial charge in [-0.05, 0) is 13.3 Å². The van der Waals surface area contributed by atoms with Crippen LogP contribution in [0.5, 0.6) is 0 Å². The summed E-state index contributed by atoms with van der Waals surface area (Å²) in [6.45, 7) is 4.44. The summed E-state index contributed by atoms with van der Waals surface area (Å²) in [6, 6.07) is 9.28. The number of ketones is 1. The molecule has 76 valence electrons. The van der Waals surface area contributed by atoms with Gasteiger partial charge < -0.3 is 4.74 Å². The number of Topliss-reactive ketones (excluding diaryl/α,β-unsaturated/α-hetero) is 1. The Hall–Kier alpha value is -1.15. The molecule has 0 aliphatic carbocycles. The lowest BCUT2D eigenvalue weighted by Crippen LogP contribution is -2.23. The van der Waals surface area contributed by atoms with Crippen LogP contribution < -0.4 is 0 Å². The molecule has 2 nitrogen and oxygen atoms in total. The summed E-state index contributed by atoms with van der Waals surface area (Å²) in [5.74, 6) is 0.0787. The van der Waals surface area contributed by atoms with Crippen molar-refractivity contribution in [3.05, 3.63) is 35.9 Å². The highest BCUT2D eigenvalue weighted by atomic mass is 16.5. The van der Waals surface area contributed by atoms with Crippen LogP contribution in [0.2, 0.25) is 0 Å². The smallest absolute Gasteiger partial charge is 0.191 e. The Morgan fingerprint density at radius 3 is 2.43 bits per heavy atom. The lowest BCUT2D eigenvalue weighted by molar-refractivity contribution is 0.0444. The summed E-state index contributed by atoms with van der Waals surface area (Å²) in [6.07, 6.45) is 0.434. The topological polar surface area (TPSA) is 26.3 Å². The maximum absolute atomic E-state index is 11.8. The zero-order valence-electron chi connectivity index (χ0n) is 8.69. The molecule has 1 atom stereocenters. The molecule has 0 aromatic heterocycles. The average molecular weight is 192 g/mol. The Labute approximate surface area is 84.9 Å². The van der Waals surface area contributed by atoms with Gasteiger partial charge in [0.05, 0.1) is 0 Å². The minimum Gasteiger partial charge on any atom is -0.370 e. The molecule has 0 bridgehead atoms. The van der Waals surface area contributed by atoms with Gasteiger partial charge in [-0.15, -0.1) is 0 Å². The number of rotatable bonds is 5.